The van der Waals surface area contributed by atoms with Gasteiger partial charge in [-0.2, -0.15) is 0 Å². The van der Waals surface area contributed by atoms with E-state index in [1.807, 2.05) is 0 Å². The zero-order valence-corrected chi connectivity index (χ0v) is 9.29. The molecule has 1 aromatic carbocycles. The second kappa shape index (κ2) is 5.24. The van der Waals surface area contributed by atoms with Gasteiger partial charge in [-0.05, 0) is 30.2 Å². The molecule has 1 aromatic rings. The molecular weight excluding hydrogens is 256 g/mol. The topological polar surface area (TPSA) is 46.5 Å². The van der Waals surface area contributed by atoms with Gasteiger partial charge in [-0.3, -0.25) is 4.79 Å². The van der Waals surface area contributed by atoms with Gasteiger partial charge in [-0.1, -0.05) is 6.92 Å². The third kappa shape index (κ3) is 4.23. The molecule has 0 heterocycles. The van der Waals surface area contributed by atoms with Crippen LogP contribution in [0.15, 0.2) is 18.2 Å². The number of alkyl halides is 3. The minimum absolute atomic E-state index is 0.137. The highest BCUT2D eigenvalue weighted by Crippen LogP contribution is 2.28. The molecule has 1 N–H and O–H groups in total. The van der Waals surface area contributed by atoms with Crippen LogP contribution in [0.4, 0.5) is 17.6 Å². The summed E-state index contributed by atoms with van der Waals surface area (Å²) in [7, 11) is 0. The van der Waals surface area contributed by atoms with Crippen LogP contribution < -0.4 is 4.74 Å². The number of carboxylic acid groups (broad SMARTS) is 1. The molecule has 0 spiro atoms. The van der Waals surface area contributed by atoms with Gasteiger partial charge in [-0.25, -0.2) is 4.39 Å². The van der Waals surface area contributed by atoms with Gasteiger partial charge < -0.3 is 9.84 Å². The van der Waals surface area contributed by atoms with Crippen molar-refractivity contribution in [1.29, 1.82) is 0 Å². The van der Waals surface area contributed by atoms with Crippen LogP contribution in [-0.4, -0.2) is 17.4 Å². The minimum atomic E-state index is -4.90. The first-order valence-corrected chi connectivity index (χ1v) is 4.96. The van der Waals surface area contributed by atoms with E-state index in [4.69, 9.17) is 5.11 Å². The molecule has 1 unspecified atom stereocenters. The number of hydrogen-bond donors (Lipinski definition) is 1. The summed E-state index contributed by atoms with van der Waals surface area (Å²) in [5, 5.41) is 8.68. The molecule has 0 aliphatic heterocycles. The van der Waals surface area contributed by atoms with Crippen LogP contribution in [-0.2, 0) is 11.2 Å². The molecule has 0 fully saturated rings. The summed E-state index contributed by atoms with van der Waals surface area (Å²) in [5.74, 6) is -3.46. The van der Waals surface area contributed by atoms with Crippen LogP contribution in [0, 0.1) is 11.7 Å². The standard InChI is InChI=1S/C11H10F4O3/c1-6(10(16)17)4-7-5-8(12)2-3-9(7)18-11(13,14)15/h2-3,5-6H,4H2,1H3,(H,16,17). The second-order valence-electron chi connectivity index (χ2n) is 3.74. The Morgan fingerprint density at radius 3 is 2.56 bits per heavy atom. The average Bonchev–Trinajstić information content (AvgIpc) is 2.20. The molecule has 0 aromatic heterocycles. The first-order chi connectivity index (χ1) is 8.19. The maximum absolute atomic E-state index is 12.9. The lowest BCUT2D eigenvalue weighted by atomic mass is 10.0. The van der Waals surface area contributed by atoms with Gasteiger partial charge in [-0.15, -0.1) is 13.2 Å². The van der Waals surface area contributed by atoms with Crippen molar-refractivity contribution < 1.29 is 32.2 Å². The predicted octanol–water partition coefficient (Wildman–Crippen LogP) is 2.99. The van der Waals surface area contributed by atoms with Crippen molar-refractivity contribution in [3.05, 3.63) is 29.6 Å². The van der Waals surface area contributed by atoms with Gasteiger partial charge in [0.25, 0.3) is 0 Å². The maximum atomic E-state index is 12.9. The highest BCUT2D eigenvalue weighted by atomic mass is 19.4. The summed E-state index contributed by atoms with van der Waals surface area (Å²) < 4.78 is 52.9. The fourth-order valence-corrected chi connectivity index (χ4v) is 1.35. The molecule has 3 nitrogen and oxygen atoms in total. The summed E-state index contributed by atoms with van der Waals surface area (Å²) >= 11 is 0. The monoisotopic (exact) mass is 266 g/mol. The van der Waals surface area contributed by atoms with Crippen LogP contribution >= 0.6 is 0 Å². The van der Waals surface area contributed by atoms with E-state index in [1.54, 1.807) is 0 Å². The molecule has 0 amide bonds. The lowest BCUT2D eigenvalue weighted by molar-refractivity contribution is -0.274. The molecule has 1 atom stereocenters. The van der Waals surface area contributed by atoms with E-state index in [0.717, 1.165) is 18.2 Å². The Bertz CT molecular complexity index is 442. The van der Waals surface area contributed by atoms with E-state index in [1.165, 1.54) is 6.92 Å². The van der Waals surface area contributed by atoms with Gasteiger partial charge in [0, 0.05) is 0 Å². The van der Waals surface area contributed by atoms with Crippen LogP contribution in [0.25, 0.3) is 0 Å². The lowest BCUT2D eigenvalue weighted by Gasteiger charge is -2.14. The van der Waals surface area contributed by atoms with E-state index >= 15 is 0 Å². The number of aliphatic carboxylic acids is 1. The predicted molar refractivity (Wildman–Crippen MR) is 53.6 cm³/mol. The number of rotatable bonds is 4. The Labute approximate surface area is 100.0 Å². The van der Waals surface area contributed by atoms with Gasteiger partial charge in [0.1, 0.15) is 11.6 Å². The molecule has 0 radical (unpaired) electrons. The molecule has 0 aliphatic rings. The Morgan fingerprint density at radius 2 is 2.06 bits per heavy atom. The van der Waals surface area contributed by atoms with Crippen LogP contribution in [0.3, 0.4) is 0 Å². The van der Waals surface area contributed by atoms with Gasteiger partial charge in [0.15, 0.2) is 0 Å². The first kappa shape index (κ1) is 14.3. The van der Waals surface area contributed by atoms with Crippen molar-refractivity contribution in [2.24, 2.45) is 5.92 Å². The number of benzene rings is 1. The Balaban J connectivity index is 3.00. The smallest absolute Gasteiger partial charge is 0.481 e. The quantitative estimate of drug-likeness (QED) is 0.852. The van der Waals surface area contributed by atoms with Gasteiger partial charge in [0.05, 0.1) is 5.92 Å². The number of hydrogen-bond acceptors (Lipinski definition) is 2. The summed E-state index contributed by atoms with van der Waals surface area (Å²) in [5.41, 5.74) is -0.137. The van der Waals surface area contributed by atoms with E-state index in [2.05, 4.69) is 4.74 Å². The molecule has 1 rings (SSSR count). The van der Waals surface area contributed by atoms with Crippen molar-refractivity contribution in [3.63, 3.8) is 0 Å². The Morgan fingerprint density at radius 1 is 1.44 bits per heavy atom. The number of carbonyl (C=O) groups is 1. The van der Waals surface area contributed by atoms with Gasteiger partial charge in [0.2, 0.25) is 0 Å². The van der Waals surface area contributed by atoms with Crippen molar-refractivity contribution >= 4 is 5.97 Å². The molecule has 18 heavy (non-hydrogen) atoms. The van der Waals surface area contributed by atoms with E-state index in [0.29, 0.717) is 0 Å². The largest absolute Gasteiger partial charge is 0.573 e. The first-order valence-electron chi connectivity index (χ1n) is 4.96. The number of halogens is 4. The number of carboxylic acids is 1. The average molecular weight is 266 g/mol. The zero-order chi connectivity index (χ0) is 13.9. The fourth-order valence-electron chi connectivity index (χ4n) is 1.35. The molecule has 100 valence electrons. The third-order valence-electron chi connectivity index (χ3n) is 2.20. The molecule has 7 heteroatoms. The fraction of sp³-hybridized carbons (Fsp3) is 0.364. The Kier molecular flexibility index (Phi) is 4.15. The van der Waals surface area contributed by atoms with Crippen LogP contribution in [0.2, 0.25) is 0 Å². The molecule has 0 bridgehead atoms. The van der Waals surface area contributed by atoms with E-state index in [9.17, 15) is 22.4 Å². The Hall–Kier alpha value is -1.79. The normalized spacial score (nSPS) is 13.2. The molecule has 0 saturated heterocycles. The van der Waals surface area contributed by atoms with Crippen LogP contribution in [0.5, 0.6) is 5.75 Å². The SMILES string of the molecule is CC(Cc1cc(F)ccc1OC(F)(F)F)C(=O)O. The van der Waals surface area contributed by atoms with Crippen molar-refractivity contribution in [2.45, 2.75) is 19.7 Å². The van der Waals surface area contributed by atoms with E-state index in [-0.39, 0.29) is 12.0 Å². The highest BCUT2D eigenvalue weighted by Gasteiger charge is 2.32. The summed E-state index contributed by atoms with van der Waals surface area (Å²) in [4.78, 5) is 10.6. The van der Waals surface area contributed by atoms with Crippen molar-refractivity contribution in [3.8, 4) is 5.75 Å². The second-order valence-corrected chi connectivity index (χ2v) is 3.74. The third-order valence-corrected chi connectivity index (χ3v) is 2.20. The molecular formula is C11H10F4O3. The maximum Gasteiger partial charge on any atom is 0.573 e. The zero-order valence-electron chi connectivity index (χ0n) is 9.29. The van der Waals surface area contributed by atoms with Crippen molar-refractivity contribution in [1.82, 2.24) is 0 Å². The summed E-state index contributed by atoms with van der Waals surface area (Å²) in [6.45, 7) is 1.31. The summed E-state index contributed by atoms with van der Waals surface area (Å²) in [6.07, 6.45) is -5.16. The van der Waals surface area contributed by atoms with E-state index < -0.39 is 29.8 Å². The number of ether oxygens (including phenoxy) is 1. The van der Waals surface area contributed by atoms with Crippen molar-refractivity contribution in [2.75, 3.05) is 0 Å². The van der Waals surface area contributed by atoms with Gasteiger partial charge >= 0.3 is 12.3 Å². The van der Waals surface area contributed by atoms with Crippen LogP contribution in [0.1, 0.15) is 12.5 Å². The lowest BCUT2D eigenvalue weighted by Crippen LogP contribution is -2.19. The molecule has 0 aliphatic carbocycles. The molecule has 0 saturated carbocycles. The minimum Gasteiger partial charge on any atom is -0.481 e. The highest BCUT2D eigenvalue weighted by molar-refractivity contribution is 5.70. The summed E-state index contributed by atoms with van der Waals surface area (Å²) in [6, 6.07) is 2.48.